The van der Waals surface area contributed by atoms with E-state index < -0.39 is 0 Å². The quantitative estimate of drug-likeness (QED) is 0.572. The number of para-hydroxylation sites is 1. The number of aromatic nitrogens is 4. The van der Waals surface area contributed by atoms with E-state index >= 15 is 0 Å². The highest BCUT2D eigenvalue weighted by Gasteiger charge is 2.06. The Hall–Kier alpha value is -2.95. The molecule has 0 radical (unpaired) electrons. The number of rotatable bonds is 1. The second-order valence-electron chi connectivity index (χ2n) is 4.58. The summed E-state index contributed by atoms with van der Waals surface area (Å²) in [5.41, 5.74) is 2.36. The first-order valence-corrected chi connectivity index (χ1v) is 6.23. The third-order valence-corrected chi connectivity index (χ3v) is 3.37. The Labute approximate surface area is 113 Å². The van der Waals surface area contributed by atoms with E-state index in [9.17, 15) is 4.79 Å². The second kappa shape index (κ2) is 4.03. The second-order valence-corrected chi connectivity index (χ2v) is 4.58. The van der Waals surface area contributed by atoms with Gasteiger partial charge in [0.1, 0.15) is 6.33 Å². The van der Waals surface area contributed by atoms with Gasteiger partial charge in [-0.15, -0.1) is 0 Å². The number of H-pyrrole nitrogens is 1. The molecule has 20 heavy (non-hydrogen) atoms. The molecule has 0 saturated carbocycles. The minimum atomic E-state index is -0.0709. The zero-order valence-electron chi connectivity index (χ0n) is 10.4. The lowest BCUT2D eigenvalue weighted by atomic mass is 10.2. The van der Waals surface area contributed by atoms with Crippen LogP contribution in [-0.2, 0) is 0 Å². The molecule has 4 rings (SSSR count). The van der Waals surface area contributed by atoms with Crippen molar-refractivity contribution in [2.75, 3.05) is 0 Å². The maximum Gasteiger partial charge on any atom is 0.265 e. The number of nitrogens with one attached hydrogen (secondary N) is 1. The number of hydrogen-bond acceptors (Lipinski definition) is 3. The van der Waals surface area contributed by atoms with Crippen LogP contribution in [-0.4, -0.2) is 19.7 Å². The van der Waals surface area contributed by atoms with Gasteiger partial charge in [0.15, 0.2) is 0 Å². The minimum Gasteiger partial charge on any atom is -0.278 e. The first-order chi connectivity index (χ1) is 9.83. The predicted molar refractivity (Wildman–Crippen MR) is 77.0 cm³/mol. The SMILES string of the molecule is O=c1c2ccccc2ncn1-c1ccc2[nH]ncc2c1. The fourth-order valence-electron chi connectivity index (χ4n) is 2.33. The average molecular weight is 262 g/mol. The van der Waals surface area contributed by atoms with Gasteiger partial charge in [-0.05, 0) is 30.3 Å². The molecular weight excluding hydrogens is 252 g/mol. The fourth-order valence-corrected chi connectivity index (χ4v) is 2.33. The Morgan fingerprint density at radius 3 is 2.95 bits per heavy atom. The molecule has 0 bridgehead atoms. The van der Waals surface area contributed by atoms with Gasteiger partial charge < -0.3 is 0 Å². The van der Waals surface area contributed by atoms with Crippen molar-refractivity contribution in [3.63, 3.8) is 0 Å². The third-order valence-electron chi connectivity index (χ3n) is 3.37. The molecule has 5 heteroatoms. The van der Waals surface area contributed by atoms with Crippen LogP contribution < -0.4 is 5.56 Å². The largest absolute Gasteiger partial charge is 0.278 e. The van der Waals surface area contributed by atoms with Crippen molar-refractivity contribution < 1.29 is 0 Å². The molecule has 0 amide bonds. The molecule has 5 nitrogen and oxygen atoms in total. The van der Waals surface area contributed by atoms with E-state index in [2.05, 4.69) is 15.2 Å². The summed E-state index contributed by atoms with van der Waals surface area (Å²) in [6, 6.07) is 13.0. The zero-order valence-corrected chi connectivity index (χ0v) is 10.4. The monoisotopic (exact) mass is 262 g/mol. The van der Waals surface area contributed by atoms with Crippen molar-refractivity contribution >= 4 is 21.8 Å². The highest BCUT2D eigenvalue weighted by Crippen LogP contribution is 2.15. The molecule has 96 valence electrons. The summed E-state index contributed by atoms with van der Waals surface area (Å²) in [6.45, 7) is 0. The highest BCUT2D eigenvalue weighted by atomic mass is 16.1. The molecule has 0 saturated heterocycles. The van der Waals surface area contributed by atoms with Gasteiger partial charge in [0.25, 0.3) is 5.56 Å². The van der Waals surface area contributed by atoms with Crippen LogP contribution >= 0.6 is 0 Å². The standard InChI is InChI=1S/C15H10N4O/c20-15-12-3-1-2-4-14(12)16-9-19(15)11-5-6-13-10(7-11)8-17-18-13/h1-9H,(H,17,18). The Balaban J connectivity index is 2.01. The third kappa shape index (κ3) is 1.53. The van der Waals surface area contributed by atoms with Crippen LogP contribution in [0.1, 0.15) is 0 Å². The molecule has 0 aliphatic rings. The van der Waals surface area contributed by atoms with Crippen molar-refractivity contribution in [3.05, 3.63) is 65.3 Å². The normalized spacial score (nSPS) is 11.2. The Morgan fingerprint density at radius 1 is 1.10 bits per heavy atom. The van der Waals surface area contributed by atoms with E-state index in [-0.39, 0.29) is 5.56 Å². The molecule has 0 spiro atoms. The summed E-state index contributed by atoms with van der Waals surface area (Å²) in [5.74, 6) is 0. The van der Waals surface area contributed by atoms with Gasteiger partial charge in [0.2, 0.25) is 0 Å². The molecule has 0 aliphatic heterocycles. The number of hydrogen-bond donors (Lipinski definition) is 1. The van der Waals surface area contributed by atoms with Crippen molar-refractivity contribution in [1.82, 2.24) is 19.7 Å². The molecule has 2 aromatic carbocycles. The van der Waals surface area contributed by atoms with Gasteiger partial charge in [-0.2, -0.15) is 5.10 Å². The molecule has 2 heterocycles. The van der Waals surface area contributed by atoms with Crippen molar-refractivity contribution in [2.24, 2.45) is 0 Å². The van der Waals surface area contributed by atoms with Gasteiger partial charge in [-0.25, -0.2) is 4.98 Å². The summed E-state index contributed by atoms with van der Waals surface area (Å²) < 4.78 is 1.55. The zero-order chi connectivity index (χ0) is 13.5. The first kappa shape index (κ1) is 10.9. The van der Waals surface area contributed by atoms with E-state index in [1.165, 1.54) is 0 Å². The Kier molecular flexibility index (Phi) is 2.20. The molecule has 2 aromatic heterocycles. The van der Waals surface area contributed by atoms with E-state index in [1.54, 1.807) is 23.2 Å². The van der Waals surface area contributed by atoms with Crippen molar-refractivity contribution in [3.8, 4) is 5.69 Å². The molecule has 0 aliphatic carbocycles. The maximum atomic E-state index is 12.5. The topological polar surface area (TPSA) is 63.6 Å². The number of fused-ring (bicyclic) bond motifs is 2. The smallest absolute Gasteiger partial charge is 0.265 e. The average Bonchev–Trinajstić information content (AvgIpc) is 2.95. The molecule has 1 N–H and O–H groups in total. The van der Waals surface area contributed by atoms with Gasteiger partial charge in [0, 0.05) is 5.39 Å². The summed E-state index contributed by atoms with van der Waals surface area (Å²) in [6.07, 6.45) is 3.30. The summed E-state index contributed by atoms with van der Waals surface area (Å²) in [4.78, 5) is 16.8. The van der Waals surface area contributed by atoms with E-state index in [0.717, 1.165) is 16.6 Å². The van der Waals surface area contributed by atoms with Crippen LogP contribution in [0.25, 0.3) is 27.5 Å². The van der Waals surface area contributed by atoms with Crippen molar-refractivity contribution in [2.45, 2.75) is 0 Å². The van der Waals surface area contributed by atoms with Crippen LogP contribution in [0.2, 0.25) is 0 Å². The predicted octanol–water partition coefficient (Wildman–Crippen LogP) is 2.26. The van der Waals surface area contributed by atoms with E-state index in [0.29, 0.717) is 10.9 Å². The molecular formula is C15H10N4O. The number of benzene rings is 2. The molecule has 0 atom stereocenters. The maximum absolute atomic E-state index is 12.5. The Bertz CT molecular complexity index is 984. The van der Waals surface area contributed by atoms with Crippen LogP contribution in [0.15, 0.2) is 59.8 Å². The van der Waals surface area contributed by atoms with Gasteiger partial charge in [0.05, 0.1) is 28.3 Å². The van der Waals surface area contributed by atoms with Crippen LogP contribution in [0.3, 0.4) is 0 Å². The minimum absolute atomic E-state index is 0.0709. The van der Waals surface area contributed by atoms with E-state index in [1.807, 2.05) is 36.4 Å². The molecule has 0 fully saturated rings. The van der Waals surface area contributed by atoms with Gasteiger partial charge in [-0.1, -0.05) is 12.1 Å². The lowest BCUT2D eigenvalue weighted by Crippen LogP contribution is -2.18. The molecule has 0 unspecified atom stereocenters. The van der Waals surface area contributed by atoms with Gasteiger partial charge >= 0.3 is 0 Å². The summed E-state index contributed by atoms with van der Waals surface area (Å²) >= 11 is 0. The lowest BCUT2D eigenvalue weighted by molar-refractivity contribution is 0.965. The summed E-state index contributed by atoms with van der Waals surface area (Å²) in [7, 11) is 0. The van der Waals surface area contributed by atoms with Crippen LogP contribution in [0.4, 0.5) is 0 Å². The number of aromatic amines is 1. The van der Waals surface area contributed by atoms with Crippen molar-refractivity contribution in [1.29, 1.82) is 0 Å². The Morgan fingerprint density at radius 2 is 2.00 bits per heavy atom. The van der Waals surface area contributed by atoms with Crippen LogP contribution in [0.5, 0.6) is 0 Å². The molecule has 4 aromatic rings. The van der Waals surface area contributed by atoms with E-state index in [4.69, 9.17) is 0 Å². The lowest BCUT2D eigenvalue weighted by Gasteiger charge is -2.06. The van der Waals surface area contributed by atoms with Crippen LogP contribution in [0, 0.1) is 0 Å². The fraction of sp³-hybridized carbons (Fsp3) is 0. The highest BCUT2D eigenvalue weighted by molar-refractivity contribution is 5.81. The van der Waals surface area contributed by atoms with Gasteiger partial charge in [-0.3, -0.25) is 14.5 Å². The first-order valence-electron chi connectivity index (χ1n) is 6.23. The summed E-state index contributed by atoms with van der Waals surface area (Å²) in [5, 5.41) is 8.44. The number of nitrogens with zero attached hydrogens (tertiary/aromatic N) is 3.